The van der Waals surface area contributed by atoms with Crippen molar-refractivity contribution in [2.45, 2.75) is 38.4 Å². The number of amides is 4. The second kappa shape index (κ2) is 7.72. The SMILES string of the molecule is C[C@@H](N)c1cccc(NCc2ccc3c(c2)C(=O)N(C2CCC(=O)NC2=O)C3=O)c1. The lowest BCUT2D eigenvalue weighted by Crippen LogP contribution is -2.54. The molecule has 154 valence electrons. The highest BCUT2D eigenvalue weighted by molar-refractivity contribution is 6.23. The molecule has 4 N–H and O–H groups in total. The van der Waals surface area contributed by atoms with Crippen LogP contribution in [0.4, 0.5) is 5.69 Å². The van der Waals surface area contributed by atoms with Crippen molar-refractivity contribution in [2.75, 3.05) is 5.32 Å². The van der Waals surface area contributed by atoms with Crippen LogP contribution < -0.4 is 16.4 Å². The number of piperidine rings is 1. The van der Waals surface area contributed by atoms with E-state index in [4.69, 9.17) is 5.73 Å². The van der Waals surface area contributed by atoms with Crippen molar-refractivity contribution in [1.29, 1.82) is 0 Å². The summed E-state index contributed by atoms with van der Waals surface area (Å²) in [7, 11) is 0. The first-order valence-corrected chi connectivity index (χ1v) is 9.79. The Hall–Kier alpha value is -3.52. The third-order valence-corrected chi connectivity index (χ3v) is 5.41. The molecule has 30 heavy (non-hydrogen) atoms. The second-order valence-electron chi connectivity index (χ2n) is 7.59. The summed E-state index contributed by atoms with van der Waals surface area (Å²) in [6, 6.07) is 11.8. The Balaban J connectivity index is 1.51. The molecule has 2 aliphatic heterocycles. The molecule has 1 fully saturated rings. The number of nitrogens with zero attached hydrogens (tertiary/aromatic N) is 1. The Labute approximate surface area is 173 Å². The molecular formula is C22H22N4O4. The molecule has 0 radical (unpaired) electrons. The third-order valence-electron chi connectivity index (χ3n) is 5.41. The van der Waals surface area contributed by atoms with Crippen molar-refractivity contribution in [3.05, 3.63) is 64.7 Å². The molecule has 2 atom stereocenters. The van der Waals surface area contributed by atoms with Crippen LogP contribution in [-0.2, 0) is 16.1 Å². The maximum Gasteiger partial charge on any atom is 0.262 e. The minimum atomic E-state index is -0.960. The number of nitrogens with one attached hydrogen (secondary N) is 2. The summed E-state index contributed by atoms with van der Waals surface area (Å²) < 4.78 is 0. The maximum absolute atomic E-state index is 12.9. The van der Waals surface area contributed by atoms with Crippen molar-refractivity contribution < 1.29 is 19.2 Å². The summed E-state index contributed by atoms with van der Waals surface area (Å²) in [5, 5.41) is 5.49. The van der Waals surface area contributed by atoms with Gasteiger partial charge in [0.25, 0.3) is 11.8 Å². The zero-order valence-corrected chi connectivity index (χ0v) is 16.5. The summed E-state index contributed by atoms with van der Waals surface area (Å²) in [6.45, 7) is 2.37. The smallest absolute Gasteiger partial charge is 0.262 e. The van der Waals surface area contributed by atoms with E-state index in [0.29, 0.717) is 6.54 Å². The summed E-state index contributed by atoms with van der Waals surface area (Å²) in [6.07, 6.45) is 0.236. The van der Waals surface area contributed by atoms with Gasteiger partial charge in [-0.3, -0.25) is 29.4 Å². The van der Waals surface area contributed by atoms with Crippen LogP contribution in [0.3, 0.4) is 0 Å². The van der Waals surface area contributed by atoms with Gasteiger partial charge in [0.2, 0.25) is 11.8 Å². The fraction of sp³-hybridized carbons (Fsp3) is 0.273. The lowest BCUT2D eigenvalue weighted by atomic mass is 10.0. The first kappa shape index (κ1) is 19.8. The van der Waals surface area contributed by atoms with E-state index in [9.17, 15) is 19.2 Å². The van der Waals surface area contributed by atoms with E-state index in [2.05, 4.69) is 10.6 Å². The fourth-order valence-corrected chi connectivity index (χ4v) is 3.76. The molecule has 4 amide bonds. The van der Waals surface area contributed by atoms with Gasteiger partial charge >= 0.3 is 0 Å². The minimum absolute atomic E-state index is 0.0753. The molecule has 0 aromatic heterocycles. The van der Waals surface area contributed by atoms with Crippen molar-refractivity contribution in [3.8, 4) is 0 Å². The van der Waals surface area contributed by atoms with Crippen LogP contribution in [-0.4, -0.2) is 34.6 Å². The Morgan fingerprint density at radius 1 is 1.10 bits per heavy atom. The average Bonchev–Trinajstić information content (AvgIpc) is 2.97. The maximum atomic E-state index is 12.9. The van der Waals surface area contributed by atoms with E-state index in [-0.39, 0.29) is 30.0 Å². The minimum Gasteiger partial charge on any atom is -0.381 e. The highest BCUT2D eigenvalue weighted by Crippen LogP contribution is 2.28. The Morgan fingerprint density at radius 3 is 2.60 bits per heavy atom. The van der Waals surface area contributed by atoms with Crippen LogP contribution in [0, 0.1) is 0 Å². The Kier molecular flexibility index (Phi) is 5.09. The first-order valence-electron chi connectivity index (χ1n) is 9.79. The summed E-state index contributed by atoms with van der Waals surface area (Å²) >= 11 is 0. The van der Waals surface area contributed by atoms with Crippen LogP contribution in [0.5, 0.6) is 0 Å². The predicted octanol–water partition coefficient (Wildman–Crippen LogP) is 1.72. The van der Waals surface area contributed by atoms with Crippen molar-refractivity contribution in [2.24, 2.45) is 5.73 Å². The molecule has 0 aliphatic carbocycles. The van der Waals surface area contributed by atoms with Gasteiger partial charge in [0, 0.05) is 24.7 Å². The van der Waals surface area contributed by atoms with Crippen molar-refractivity contribution in [3.63, 3.8) is 0 Å². The zero-order chi connectivity index (χ0) is 21.4. The van der Waals surface area contributed by atoms with E-state index in [0.717, 1.165) is 21.7 Å². The van der Waals surface area contributed by atoms with E-state index in [1.165, 1.54) is 0 Å². The van der Waals surface area contributed by atoms with Gasteiger partial charge < -0.3 is 11.1 Å². The number of carbonyl (C=O) groups excluding carboxylic acids is 4. The molecule has 0 spiro atoms. The van der Waals surface area contributed by atoms with Crippen LogP contribution >= 0.6 is 0 Å². The largest absolute Gasteiger partial charge is 0.381 e. The molecule has 0 saturated carbocycles. The average molecular weight is 406 g/mol. The third kappa shape index (κ3) is 3.57. The van der Waals surface area contributed by atoms with Gasteiger partial charge in [-0.2, -0.15) is 0 Å². The number of nitrogens with two attached hydrogens (primary N) is 1. The molecule has 2 aliphatic rings. The number of hydrogen-bond donors (Lipinski definition) is 3. The predicted molar refractivity (Wildman–Crippen MR) is 109 cm³/mol. The van der Waals surface area contributed by atoms with Gasteiger partial charge in [-0.15, -0.1) is 0 Å². The van der Waals surface area contributed by atoms with Gasteiger partial charge in [-0.1, -0.05) is 18.2 Å². The van der Waals surface area contributed by atoms with E-state index in [1.54, 1.807) is 18.2 Å². The molecule has 8 nitrogen and oxygen atoms in total. The number of carbonyl (C=O) groups is 4. The molecule has 8 heteroatoms. The van der Waals surface area contributed by atoms with Gasteiger partial charge in [0.1, 0.15) is 6.04 Å². The molecule has 2 heterocycles. The van der Waals surface area contributed by atoms with Gasteiger partial charge in [-0.25, -0.2) is 0 Å². The zero-order valence-electron chi connectivity index (χ0n) is 16.5. The monoisotopic (exact) mass is 406 g/mol. The second-order valence-corrected chi connectivity index (χ2v) is 7.59. The van der Waals surface area contributed by atoms with Gasteiger partial charge in [0.05, 0.1) is 11.1 Å². The van der Waals surface area contributed by atoms with E-state index < -0.39 is 29.7 Å². The summed E-state index contributed by atoms with van der Waals surface area (Å²) in [4.78, 5) is 50.1. The Bertz CT molecular complexity index is 1060. The number of imide groups is 2. The first-order chi connectivity index (χ1) is 14.3. The number of fused-ring (bicyclic) bond motifs is 1. The fourth-order valence-electron chi connectivity index (χ4n) is 3.76. The lowest BCUT2D eigenvalue weighted by Gasteiger charge is -2.27. The number of rotatable bonds is 5. The van der Waals surface area contributed by atoms with Crippen LogP contribution in [0.25, 0.3) is 0 Å². The molecule has 4 rings (SSSR count). The van der Waals surface area contributed by atoms with E-state index >= 15 is 0 Å². The highest BCUT2D eigenvalue weighted by atomic mass is 16.2. The molecule has 2 aromatic rings. The van der Waals surface area contributed by atoms with Gasteiger partial charge in [-0.05, 0) is 48.7 Å². The lowest BCUT2D eigenvalue weighted by molar-refractivity contribution is -0.136. The molecule has 0 bridgehead atoms. The summed E-state index contributed by atoms with van der Waals surface area (Å²) in [5.41, 5.74) is 9.20. The quantitative estimate of drug-likeness (QED) is 0.650. The molecule has 1 saturated heterocycles. The van der Waals surface area contributed by atoms with Crippen molar-refractivity contribution in [1.82, 2.24) is 10.2 Å². The van der Waals surface area contributed by atoms with Gasteiger partial charge in [0.15, 0.2) is 0 Å². The topological polar surface area (TPSA) is 122 Å². The Morgan fingerprint density at radius 2 is 1.87 bits per heavy atom. The molecular weight excluding hydrogens is 384 g/mol. The highest BCUT2D eigenvalue weighted by Gasteiger charge is 2.44. The summed E-state index contributed by atoms with van der Waals surface area (Å²) in [5.74, 6) is -2.02. The van der Waals surface area contributed by atoms with Crippen LogP contribution in [0.2, 0.25) is 0 Å². The van der Waals surface area contributed by atoms with Crippen LogP contribution in [0.15, 0.2) is 42.5 Å². The van der Waals surface area contributed by atoms with E-state index in [1.807, 2.05) is 31.2 Å². The normalized spacial score (nSPS) is 19.5. The number of benzene rings is 2. The molecule has 2 aromatic carbocycles. The van der Waals surface area contributed by atoms with Crippen molar-refractivity contribution >= 4 is 29.3 Å². The van der Waals surface area contributed by atoms with Crippen LogP contribution in [0.1, 0.15) is 57.7 Å². The number of anilines is 1. The number of hydrogen-bond acceptors (Lipinski definition) is 6. The standard InChI is InChI=1S/C22H22N4O4/c1-12(23)14-3-2-4-15(10-14)24-11-13-5-6-16-17(9-13)22(30)26(21(16)29)18-7-8-19(27)25-20(18)28/h2-6,9-10,12,18,24H,7-8,11,23H2,1H3,(H,25,27,28)/t12-,18?/m1/s1. The molecule has 1 unspecified atom stereocenters.